The van der Waals surface area contributed by atoms with E-state index in [1.54, 1.807) is 10.4 Å². The Labute approximate surface area is 286 Å². The molecular weight excluding hydrogens is 645 g/mol. The summed E-state index contributed by atoms with van der Waals surface area (Å²) in [6, 6.07) is 38.0. The molecular formula is C40H59BrN2Si2. The number of hydrogen-bond donors (Lipinski definition) is 2. The fourth-order valence-corrected chi connectivity index (χ4v) is 14.4. The fraction of sp³-hybridized carbons (Fsp3) is 0.400. The molecule has 0 saturated heterocycles. The summed E-state index contributed by atoms with van der Waals surface area (Å²) in [5.41, 5.74) is 14.7. The second kappa shape index (κ2) is 18.5. The molecule has 0 bridgehead atoms. The number of rotatable bonds is 10. The van der Waals surface area contributed by atoms with Gasteiger partial charge in [-0.15, -0.1) is 0 Å². The molecule has 0 aliphatic carbocycles. The number of nitrogens with two attached hydrogens (primary N) is 1. The average Bonchev–Trinajstić information content (AvgIpc) is 3.05. The molecule has 244 valence electrons. The molecule has 0 saturated carbocycles. The highest BCUT2D eigenvalue weighted by atomic mass is 79.9. The van der Waals surface area contributed by atoms with E-state index in [-0.39, 0.29) is 0 Å². The number of hydrogen-bond acceptors (Lipinski definition) is 2. The maximum Gasteiger partial charge on any atom is 0.0859 e. The number of benzene rings is 4. The molecule has 0 radical (unpaired) electrons. The zero-order valence-corrected chi connectivity index (χ0v) is 33.4. The Balaban J connectivity index is 0.000000266. The lowest BCUT2D eigenvalue weighted by atomic mass is 10.1. The van der Waals surface area contributed by atoms with Crippen molar-refractivity contribution in [3.63, 3.8) is 0 Å². The monoisotopic (exact) mass is 702 g/mol. The van der Waals surface area contributed by atoms with Crippen LogP contribution in [0.1, 0.15) is 63.8 Å². The molecule has 0 unspecified atom stereocenters. The van der Waals surface area contributed by atoms with Crippen LogP contribution in [0.3, 0.4) is 0 Å². The van der Waals surface area contributed by atoms with Crippen molar-refractivity contribution >= 4 is 59.5 Å². The molecule has 45 heavy (non-hydrogen) atoms. The molecule has 0 heterocycles. The van der Waals surface area contributed by atoms with E-state index < -0.39 is 16.1 Å². The average molecular weight is 704 g/mol. The minimum absolute atomic E-state index is 0.968. The molecule has 0 atom stereocenters. The number of nitrogen functional groups attached to an aromatic ring is 1. The van der Waals surface area contributed by atoms with Crippen molar-refractivity contribution < 1.29 is 0 Å². The van der Waals surface area contributed by atoms with Crippen molar-refractivity contribution in [3.8, 4) is 0 Å². The van der Waals surface area contributed by atoms with E-state index in [9.17, 15) is 0 Å². The van der Waals surface area contributed by atoms with Crippen LogP contribution in [0.4, 0.5) is 17.1 Å². The fourth-order valence-electron chi connectivity index (χ4n) is 6.55. The lowest BCUT2D eigenvalue weighted by molar-refractivity contribution is 1.19. The van der Waals surface area contributed by atoms with Crippen molar-refractivity contribution in [1.29, 1.82) is 0 Å². The Bertz CT molecular complexity index is 1380. The molecule has 5 heteroatoms. The summed E-state index contributed by atoms with van der Waals surface area (Å²) in [7, 11) is -2.53. The van der Waals surface area contributed by atoms with Crippen LogP contribution in [0.25, 0.3) is 0 Å². The number of para-hydroxylation sites is 1. The highest BCUT2D eigenvalue weighted by molar-refractivity contribution is 9.10. The Morgan fingerprint density at radius 2 is 0.867 bits per heavy atom. The summed E-state index contributed by atoms with van der Waals surface area (Å²) in [5.74, 6) is 0. The summed E-state index contributed by atoms with van der Waals surface area (Å²) in [6.07, 6.45) is 0. The van der Waals surface area contributed by atoms with Crippen molar-refractivity contribution in [3.05, 3.63) is 112 Å². The van der Waals surface area contributed by atoms with Crippen LogP contribution in [0.5, 0.6) is 0 Å². The first kappa shape index (κ1) is 38.6. The second-order valence-electron chi connectivity index (χ2n) is 12.5. The molecule has 4 aromatic carbocycles. The minimum atomic E-state index is -1.30. The summed E-state index contributed by atoms with van der Waals surface area (Å²) < 4.78 is 1.13. The zero-order valence-electron chi connectivity index (χ0n) is 29.8. The molecule has 0 fully saturated rings. The molecule has 0 aliphatic heterocycles. The molecule has 0 aromatic heterocycles. The summed E-state index contributed by atoms with van der Waals surface area (Å²) in [6.45, 7) is 22.9. The summed E-state index contributed by atoms with van der Waals surface area (Å²) >= 11 is 3.31. The first-order valence-electron chi connectivity index (χ1n) is 17.0. The van der Waals surface area contributed by atoms with Crippen LogP contribution < -0.4 is 21.4 Å². The topological polar surface area (TPSA) is 38.0 Å². The normalized spacial score (nSPS) is 11.2. The number of aryl methyl sites for hydroxylation is 4. The van der Waals surface area contributed by atoms with Crippen LogP contribution in [-0.2, 0) is 0 Å². The standard InChI is InChI=1S/C20H29NSi.C14H25NSi.C6H5Br/c1-6-22(7-2,8-3)19-14-16(4)20(17(5)15-19)21-18-12-10-9-11-13-18;1-6-16(7-2,8-3)13-9-11(4)14(15)12(5)10-13;7-6-4-2-1-3-5-6/h9-15,21H,6-8H2,1-5H3;9-10H,6-8,15H2,1-5H3;1-5H. The van der Waals surface area contributed by atoms with Gasteiger partial charge in [0.25, 0.3) is 0 Å². The summed E-state index contributed by atoms with van der Waals surface area (Å²) in [5, 5.41) is 6.82. The van der Waals surface area contributed by atoms with Crippen molar-refractivity contribution in [2.45, 2.75) is 106 Å². The van der Waals surface area contributed by atoms with Crippen LogP contribution in [-0.4, -0.2) is 16.1 Å². The lowest BCUT2D eigenvalue weighted by Crippen LogP contribution is -2.46. The van der Waals surface area contributed by atoms with Crippen LogP contribution in [0, 0.1) is 27.7 Å². The van der Waals surface area contributed by atoms with Gasteiger partial charge < -0.3 is 11.1 Å². The zero-order chi connectivity index (χ0) is 33.6. The van der Waals surface area contributed by atoms with E-state index in [4.69, 9.17) is 5.73 Å². The predicted molar refractivity (Wildman–Crippen MR) is 214 cm³/mol. The molecule has 3 N–H and O–H groups in total. The van der Waals surface area contributed by atoms with Crippen molar-refractivity contribution in [1.82, 2.24) is 0 Å². The van der Waals surface area contributed by atoms with Crippen LogP contribution in [0.15, 0.2) is 89.4 Å². The van der Waals surface area contributed by atoms with Gasteiger partial charge in [0.2, 0.25) is 0 Å². The van der Waals surface area contributed by atoms with Gasteiger partial charge in [-0.05, 0) is 74.2 Å². The first-order chi connectivity index (χ1) is 21.5. The quantitative estimate of drug-likeness (QED) is 0.127. The molecule has 0 spiro atoms. The third-order valence-corrected chi connectivity index (χ3v) is 21.9. The number of halogens is 1. The van der Waals surface area contributed by atoms with Crippen LogP contribution >= 0.6 is 15.9 Å². The Hall–Kier alpha value is -2.61. The van der Waals surface area contributed by atoms with E-state index >= 15 is 0 Å². The highest BCUT2D eigenvalue weighted by Gasteiger charge is 2.30. The van der Waals surface area contributed by atoms with Crippen molar-refractivity contribution in [2.24, 2.45) is 0 Å². The minimum Gasteiger partial charge on any atom is -0.398 e. The van der Waals surface area contributed by atoms with Gasteiger partial charge in [-0.3, -0.25) is 0 Å². The maximum absolute atomic E-state index is 6.03. The van der Waals surface area contributed by atoms with Gasteiger partial charge in [-0.1, -0.05) is 165 Å². The van der Waals surface area contributed by atoms with E-state index in [0.717, 1.165) is 15.8 Å². The van der Waals surface area contributed by atoms with E-state index in [1.807, 2.05) is 30.3 Å². The van der Waals surface area contributed by atoms with Gasteiger partial charge in [0.15, 0.2) is 0 Å². The molecule has 4 aromatic rings. The van der Waals surface area contributed by atoms with Gasteiger partial charge in [0.1, 0.15) is 0 Å². The van der Waals surface area contributed by atoms with Gasteiger partial charge in [0.05, 0.1) is 16.1 Å². The molecule has 4 rings (SSSR count). The first-order valence-corrected chi connectivity index (χ1v) is 23.0. The summed E-state index contributed by atoms with van der Waals surface area (Å²) in [4.78, 5) is 0. The van der Waals surface area contributed by atoms with E-state index in [2.05, 4.69) is 145 Å². The Morgan fingerprint density at radius 1 is 0.533 bits per heavy atom. The number of anilines is 3. The van der Waals surface area contributed by atoms with Gasteiger partial charge in [-0.25, -0.2) is 0 Å². The predicted octanol–water partition coefficient (Wildman–Crippen LogP) is 11.8. The lowest BCUT2D eigenvalue weighted by Gasteiger charge is -2.30. The third kappa shape index (κ3) is 10.2. The third-order valence-electron chi connectivity index (χ3n) is 10.2. The second-order valence-corrected chi connectivity index (χ2v) is 23.9. The maximum atomic E-state index is 6.03. The van der Waals surface area contributed by atoms with Gasteiger partial charge >= 0.3 is 0 Å². The van der Waals surface area contributed by atoms with Gasteiger partial charge in [0, 0.05) is 21.5 Å². The van der Waals surface area contributed by atoms with Crippen LogP contribution in [0.2, 0.25) is 36.3 Å². The van der Waals surface area contributed by atoms with Gasteiger partial charge in [-0.2, -0.15) is 0 Å². The van der Waals surface area contributed by atoms with Crippen molar-refractivity contribution in [2.75, 3.05) is 11.1 Å². The molecule has 0 amide bonds. The van der Waals surface area contributed by atoms with E-state index in [0.29, 0.717) is 0 Å². The Morgan fingerprint density at radius 3 is 1.18 bits per heavy atom. The van der Waals surface area contributed by atoms with E-state index in [1.165, 1.54) is 64.2 Å². The molecule has 2 nitrogen and oxygen atoms in total. The SMILES string of the molecule is Brc1ccccc1.CC[Si](CC)(CC)c1cc(C)c(N)c(C)c1.CC[Si](CC)(CC)c1cc(C)c(Nc2ccccc2)c(C)c1. The number of nitrogens with one attached hydrogen (secondary N) is 1. The smallest absolute Gasteiger partial charge is 0.0859 e. The highest BCUT2D eigenvalue weighted by Crippen LogP contribution is 2.28. The molecule has 0 aliphatic rings. The Kier molecular flexibility index (Phi) is 15.9. The largest absolute Gasteiger partial charge is 0.398 e.